The second kappa shape index (κ2) is 4.71. The van der Waals surface area contributed by atoms with Gasteiger partial charge in [-0.05, 0) is 18.6 Å². The van der Waals surface area contributed by atoms with Crippen LogP contribution in [0, 0.1) is 0 Å². The molecular weight excluding hydrogens is 316 g/mol. The molecule has 0 spiro atoms. The van der Waals surface area contributed by atoms with Crippen LogP contribution in [0.4, 0.5) is 11.4 Å². The Kier molecular flexibility index (Phi) is 3.22. The zero-order chi connectivity index (χ0) is 15.4. The van der Waals surface area contributed by atoms with Crippen LogP contribution in [-0.2, 0) is 14.6 Å². The smallest absolute Gasteiger partial charge is 0.296 e. The number of ketones is 1. The first-order chi connectivity index (χ1) is 9.78. The maximum atomic E-state index is 11.6. The summed E-state index contributed by atoms with van der Waals surface area (Å²) >= 11 is 6.18. The van der Waals surface area contributed by atoms with Crippen LogP contribution in [0.2, 0.25) is 5.02 Å². The van der Waals surface area contributed by atoms with Crippen LogP contribution in [0.25, 0.3) is 0 Å². The van der Waals surface area contributed by atoms with Crippen LogP contribution in [0.15, 0.2) is 12.1 Å². The van der Waals surface area contributed by atoms with E-state index in [0.29, 0.717) is 22.8 Å². The molecule has 2 heterocycles. The molecule has 1 unspecified atom stereocenters. The van der Waals surface area contributed by atoms with Crippen molar-refractivity contribution in [3.63, 3.8) is 0 Å². The molecule has 0 saturated carbocycles. The SMILES string of the molecule is CN(c1cc2c(cc1Cl)C(=O)C(=O)N2)C1CCS(=O)(=O)C1. The molecule has 0 aliphatic carbocycles. The van der Waals surface area contributed by atoms with Gasteiger partial charge in [-0.15, -0.1) is 0 Å². The predicted octanol–water partition coefficient (Wildman–Crippen LogP) is 1.10. The lowest BCUT2D eigenvalue weighted by Gasteiger charge is -2.27. The number of amides is 1. The van der Waals surface area contributed by atoms with Crippen molar-refractivity contribution in [2.75, 3.05) is 28.8 Å². The number of rotatable bonds is 2. The Morgan fingerprint density at radius 3 is 2.67 bits per heavy atom. The zero-order valence-electron chi connectivity index (χ0n) is 11.2. The van der Waals surface area contributed by atoms with Crippen molar-refractivity contribution >= 4 is 44.5 Å². The molecule has 21 heavy (non-hydrogen) atoms. The summed E-state index contributed by atoms with van der Waals surface area (Å²) in [4.78, 5) is 24.8. The molecule has 1 atom stereocenters. The highest BCUT2D eigenvalue weighted by atomic mass is 35.5. The van der Waals surface area contributed by atoms with Crippen LogP contribution in [-0.4, -0.2) is 44.7 Å². The molecule has 1 aromatic rings. The van der Waals surface area contributed by atoms with Gasteiger partial charge >= 0.3 is 0 Å². The summed E-state index contributed by atoms with van der Waals surface area (Å²) < 4.78 is 23.1. The minimum absolute atomic E-state index is 0.0855. The molecule has 0 radical (unpaired) electrons. The van der Waals surface area contributed by atoms with E-state index in [4.69, 9.17) is 11.6 Å². The van der Waals surface area contributed by atoms with Crippen molar-refractivity contribution in [3.8, 4) is 0 Å². The third-order valence-electron chi connectivity index (χ3n) is 3.92. The largest absolute Gasteiger partial charge is 0.369 e. The summed E-state index contributed by atoms with van der Waals surface area (Å²) in [5.41, 5.74) is 1.27. The number of hydrogen-bond donors (Lipinski definition) is 1. The number of halogens is 1. The molecule has 8 heteroatoms. The zero-order valence-corrected chi connectivity index (χ0v) is 12.8. The van der Waals surface area contributed by atoms with E-state index >= 15 is 0 Å². The first kappa shape index (κ1) is 14.3. The van der Waals surface area contributed by atoms with Crippen molar-refractivity contribution in [1.29, 1.82) is 0 Å². The van der Waals surface area contributed by atoms with Gasteiger partial charge in [0.05, 0.1) is 33.5 Å². The van der Waals surface area contributed by atoms with E-state index in [1.54, 1.807) is 18.0 Å². The van der Waals surface area contributed by atoms with Crippen molar-refractivity contribution < 1.29 is 18.0 Å². The number of nitrogens with one attached hydrogen (secondary N) is 1. The summed E-state index contributed by atoms with van der Waals surface area (Å²) in [6, 6.07) is 2.91. The molecule has 2 aliphatic heterocycles. The molecule has 1 N–H and O–H groups in total. The van der Waals surface area contributed by atoms with Gasteiger partial charge in [0.2, 0.25) is 0 Å². The summed E-state index contributed by atoms with van der Waals surface area (Å²) in [5.74, 6) is -1.03. The number of Topliss-reactive ketones (excluding diaryl/α,β-unsaturated/α-hetero) is 1. The fourth-order valence-corrected chi connectivity index (χ4v) is 4.77. The van der Waals surface area contributed by atoms with Gasteiger partial charge in [-0.3, -0.25) is 9.59 Å². The van der Waals surface area contributed by atoms with Gasteiger partial charge in [0, 0.05) is 13.1 Å². The molecule has 0 aromatic heterocycles. The maximum absolute atomic E-state index is 11.6. The van der Waals surface area contributed by atoms with Crippen LogP contribution < -0.4 is 10.2 Å². The molecule has 112 valence electrons. The quantitative estimate of drug-likeness (QED) is 0.822. The van der Waals surface area contributed by atoms with E-state index in [1.165, 1.54) is 6.07 Å². The molecule has 1 fully saturated rings. The highest BCUT2D eigenvalue weighted by Gasteiger charge is 2.34. The number of sulfone groups is 1. The number of nitrogens with zero attached hydrogens (tertiary/aromatic N) is 1. The topological polar surface area (TPSA) is 83.6 Å². The van der Waals surface area contributed by atoms with Gasteiger partial charge in [0.25, 0.3) is 11.7 Å². The third-order valence-corrected chi connectivity index (χ3v) is 5.98. The van der Waals surface area contributed by atoms with Crippen LogP contribution >= 0.6 is 11.6 Å². The van der Waals surface area contributed by atoms with Gasteiger partial charge in [0.1, 0.15) is 0 Å². The van der Waals surface area contributed by atoms with E-state index in [2.05, 4.69) is 5.32 Å². The number of benzene rings is 1. The lowest BCUT2D eigenvalue weighted by atomic mass is 10.1. The highest BCUT2D eigenvalue weighted by molar-refractivity contribution is 7.91. The molecule has 2 aliphatic rings. The van der Waals surface area contributed by atoms with Gasteiger partial charge < -0.3 is 10.2 Å². The Hall–Kier alpha value is -1.60. The minimum Gasteiger partial charge on any atom is -0.369 e. The van der Waals surface area contributed by atoms with Gasteiger partial charge in [-0.1, -0.05) is 11.6 Å². The number of fused-ring (bicyclic) bond motifs is 1. The third kappa shape index (κ3) is 2.40. The van der Waals surface area contributed by atoms with E-state index in [-0.39, 0.29) is 23.1 Å². The molecule has 1 amide bonds. The molecular formula is C13H13ClN2O4S. The maximum Gasteiger partial charge on any atom is 0.296 e. The Bertz CT molecular complexity index is 760. The van der Waals surface area contributed by atoms with E-state index < -0.39 is 21.5 Å². The summed E-state index contributed by atoms with van der Waals surface area (Å²) in [6.07, 6.45) is 0.539. The first-order valence-electron chi connectivity index (χ1n) is 6.41. The number of hydrogen-bond acceptors (Lipinski definition) is 5. The molecule has 1 aromatic carbocycles. The Balaban J connectivity index is 1.95. The van der Waals surface area contributed by atoms with Crippen LogP contribution in [0.5, 0.6) is 0 Å². The Labute approximate surface area is 127 Å². The molecule has 6 nitrogen and oxygen atoms in total. The lowest BCUT2D eigenvalue weighted by Crippen LogP contribution is -2.32. The van der Waals surface area contributed by atoms with E-state index in [0.717, 1.165) is 0 Å². The van der Waals surface area contributed by atoms with Crippen molar-refractivity contribution in [2.24, 2.45) is 0 Å². The van der Waals surface area contributed by atoms with Gasteiger partial charge in [-0.2, -0.15) is 0 Å². The standard InChI is InChI=1S/C13H13ClN2O4S/c1-16(7-2-3-21(19,20)6-7)11-5-10-8(4-9(11)14)12(17)13(18)15-10/h4-5,7H,2-3,6H2,1H3,(H,15,17,18). The fraction of sp³-hybridized carbons (Fsp3) is 0.385. The number of carbonyl (C=O) groups is 2. The Morgan fingerprint density at radius 2 is 2.05 bits per heavy atom. The van der Waals surface area contributed by atoms with Gasteiger partial charge in [-0.25, -0.2) is 8.42 Å². The summed E-state index contributed by atoms with van der Waals surface area (Å²) in [5, 5.41) is 2.81. The van der Waals surface area contributed by atoms with Gasteiger partial charge in [0.15, 0.2) is 9.84 Å². The first-order valence-corrected chi connectivity index (χ1v) is 8.61. The van der Waals surface area contributed by atoms with Crippen LogP contribution in [0.1, 0.15) is 16.8 Å². The second-order valence-electron chi connectivity index (χ2n) is 5.30. The fourth-order valence-electron chi connectivity index (χ4n) is 2.70. The molecule has 1 saturated heterocycles. The Morgan fingerprint density at radius 1 is 1.33 bits per heavy atom. The van der Waals surface area contributed by atoms with Crippen molar-refractivity contribution in [2.45, 2.75) is 12.5 Å². The summed E-state index contributed by atoms with van der Waals surface area (Å²) in [7, 11) is -1.24. The van der Waals surface area contributed by atoms with Crippen molar-refractivity contribution in [1.82, 2.24) is 0 Å². The minimum atomic E-state index is -3.00. The average Bonchev–Trinajstić information content (AvgIpc) is 2.90. The number of carbonyl (C=O) groups excluding carboxylic acids is 2. The van der Waals surface area contributed by atoms with E-state index in [1.807, 2.05) is 0 Å². The average molecular weight is 329 g/mol. The monoisotopic (exact) mass is 328 g/mol. The molecule has 3 rings (SSSR count). The van der Waals surface area contributed by atoms with Crippen molar-refractivity contribution in [3.05, 3.63) is 22.7 Å². The highest BCUT2D eigenvalue weighted by Crippen LogP contribution is 2.36. The summed E-state index contributed by atoms with van der Waals surface area (Å²) in [6.45, 7) is 0. The predicted molar refractivity (Wildman–Crippen MR) is 79.9 cm³/mol. The van der Waals surface area contributed by atoms with Crippen LogP contribution in [0.3, 0.4) is 0 Å². The molecule has 0 bridgehead atoms. The normalized spacial score (nSPS) is 23.0. The number of anilines is 2. The van der Waals surface area contributed by atoms with E-state index in [9.17, 15) is 18.0 Å². The second-order valence-corrected chi connectivity index (χ2v) is 7.94. The lowest BCUT2D eigenvalue weighted by molar-refractivity contribution is -0.112.